The number of aromatic nitrogens is 3. The molecule has 6 heteroatoms. The number of nitrogens with zero attached hydrogens (tertiary/aromatic N) is 3. The first kappa shape index (κ1) is 13.2. The maximum absolute atomic E-state index is 12.6. The first-order chi connectivity index (χ1) is 10.2. The number of benzene rings is 1. The lowest BCUT2D eigenvalue weighted by atomic mass is 10.0. The van der Waals surface area contributed by atoms with E-state index >= 15 is 0 Å². The van der Waals surface area contributed by atoms with Crippen LogP contribution in [0.2, 0.25) is 0 Å². The molecular formula is C15H13N3O3. The summed E-state index contributed by atoms with van der Waals surface area (Å²) in [4.78, 5) is 20.7. The normalized spacial score (nSPS) is 10.8. The zero-order valence-electron chi connectivity index (χ0n) is 11.7. The predicted molar refractivity (Wildman–Crippen MR) is 75.4 cm³/mol. The highest BCUT2D eigenvalue weighted by Crippen LogP contribution is 2.22. The van der Waals surface area contributed by atoms with Crippen LogP contribution in [0, 0.1) is 0 Å². The lowest BCUT2D eigenvalue weighted by Crippen LogP contribution is -2.06. The molecule has 106 valence electrons. The molecule has 3 aromatic rings. The molecule has 0 bridgehead atoms. The van der Waals surface area contributed by atoms with Crippen LogP contribution in [0.15, 0.2) is 35.1 Å². The van der Waals surface area contributed by atoms with Crippen molar-refractivity contribution in [2.75, 3.05) is 7.11 Å². The van der Waals surface area contributed by atoms with Gasteiger partial charge in [0.1, 0.15) is 17.8 Å². The molecule has 1 aromatic carbocycles. The van der Waals surface area contributed by atoms with Gasteiger partial charge in [0.25, 0.3) is 5.71 Å². The molecule has 2 heterocycles. The molecule has 0 saturated carbocycles. The van der Waals surface area contributed by atoms with Crippen molar-refractivity contribution < 1.29 is 14.1 Å². The van der Waals surface area contributed by atoms with Crippen LogP contribution in [0.5, 0.6) is 5.75 Å². The minimum Gasteiger partial charge on any atom is -0.497 e. The number of hydrogen-bond acceptors (Lipinski definition) is 6. The van der Waals surface area contributed by atoms with Crippen molar-refractivity contribution in [1.29, 1.82) is 0 Å². The highest BCUT2D eigenvalue weighted by atomic mass is 16.5. The number of hydrogen-bond donors (Lipinski definition) is 0. The number of aryl methyl sites for hydroxylation is 1. The third kappa shape index (κ3) is 2.24. The maximum Gasteiger partial charge on any atom is 0.261 e. The van der Waals surface area contributed by atoms with E-state index in [4.69, 9.17) is 9.26 Å². The minimum absolute atomic E-state index is 0.192. The van der Waals surface area contributed by atoms with E-state index < -0.39 is 0 Å². The van der Waals surface area contributed by atoms with Crippen LogP contribution < -0.4 is 4.74 Å². The first-order valence-corrected chi connectivity index (χ1v) is 6.52. The molecule has 0 saturated heterocycles. The van der Waals surface area contributed by atoms with Gasteiger partial charge in [-0.1, -0.05) is 12.1 Å². The molecule has 0 aliphatic heterocycles. The molecule has 0 aliphatic rings. The van der Waals surface area contributed by atoms with Crippen LogP contribution in [-0.4, -0.2) is 28.0 Å². The summed E-state index contributed by atoms with van der Waals surface area (Å²) < 4.78 is 10.2. The van der Waals surface area contributed by atoms with Crippen molar-refractivity contribution in [3.8, 4) is 5.75 Å². The summed E-state index contributed by atoms with van der Waals surface area (Å²) in [7, 11) is 1.58. The van der Waals surface area contributed by atoms with E-state index in [-0.39, 0.29) is 5.78 Å². The van der Waals surface area contributed by atoms with Gasteiger partial charge in [-0.3, -0.25) is 4.79 Å². The van der Waals surface area contributed by atoms with Gasteiger partial charge in [0.15, 0.2) is 0 Å². The summed E-state index contributed by atoms with van der Waals surface area (Å²) in [5, 5.41) is 4.51. The van der Waals surface area contributed by atoms with Gasteiger partial charge in [-0.15, -0.1) is 0 Å². The Morgan fingerprint density at radius 3 is 2.67 bits per heavy atom. The molecule has 0 atom stereocenters. The van der Waals surface area contributed by atoms with Crippen molar-refractivity contribution in [2.24, 2.45) is 0 Å². The molecule has 21 heavy (non-hydrogen) atoms. The van der Waals surface area contributed by atoms with E-state index in [0.717, 1.165) is 0 Å². The van der Waals surface area contributed by atoms with Crippen LogP contribution in [-0.2, 0) is 6.42 Å². The van der Waals surface area contributed by atoms with Crippen molar-refractivity contribution in [3.05, 3.63) is 47.5 Å². The standard InChI is InChI=1S/C15H13N3O3/c1-3-11-12-13(16-8-17-15(12)21-18-11)14(19)9-4-6-10(20-2)7-5-9/h4-8H,3H2,1-2H3. The van der Waals surface area contributed by atoms with E-state index in [2.05, 4.69) is 15.1 Å². The van der Waals surface area contributed by atoms with E-state index in [1.807, 2.05) is 6.92 Å². The Bertz CT molecular complexity index is 794. The maximum atomic E-state index is 12.6. The number of fused-ring (bicyclic) bond motifs is 1. The van der Waals surface area contributed by atoms with Crippen molar-refractivity contribution in [2.45, 2.75) is 13.3 Å². The largest absolute Gasteiger partial charge is 0.497 e. The fraction of sp³-hybridized carbons (Fsp3) is 0.200. The van der Waals surface area contributed by atoms with Crippen molar-refractivity contribution in [1.82, 2.24) is 15.1 Å². The first-order valence-electron chi connectivity index (χ1n) is 6.52. The fourth-order valence-electron chi connectivity index (χ4n) is 2.14. The van der Waals surface area contributed by atoms with Crippen molar-refractivity contribution >= 4 is 16.9 Å². The van der Waals surface area contributed by atoms with Gasteiger partial charge in [0.2, 0.25) is 5.78 Å². The van der Waals surface area contributed by atoms with Crippen LogP contribution in [0.1, 0.15) is 28.7 Å². The second-order valence-electron chi connectivity index (χ2n) is 4.44. The van der Waals surface area contributed by atoms with Gasteiger partial charge in [-0.2, -0.15) is 4.98 Å². The van der Waals surface area contributed by atoms with Gasteiger partial charge in [-0.25, -0.2) is 4.98 Å². The third-order valence-corrected chi connectivity index (χ3v) is 3.25. The summed E-state index contributed by atoms with van der Waals surface area (Å²) in [5.41, 5.74) is 1.85. The third-order valence-electron chi connectivity index (χ3n) is 3.25. The lowest BCUT2D eigenvalue weighted by Gasteiger charge is -2.03. The Morgan fingerprint density at radius 2 is 2.00 bits per heavy atom. The lowest BCUT2D eigenvalue weighted by molar-refractivity contribution is 0.103. The number of ketones is 1. The predicted octanol–water partition coefficient (Wildman–Crippen LogP) is 2.42. The van der Waals surface area contributed by atoms with Crippen LogP contribution in [0.25, 0.3) is 11.1 Å². The average molecular weight is 283 g/mol. The second kappa shape index (κ2) is 5.32. The fourth-order valence-corrected chi connectivity index (χ4v) is 2.14. The van der Waals surface area contributed by atoms with Crippen LogP contribution in [0.3, 0.4) is 0 Å². The Labute approximate surface area is 120 Å². The smallest absolute Gasteiger partial charge is 0.261 e. The molecule has 0 aliphatic carbocycles. The Kier molecular flexibility index (Phi) is 3.35. The number of carbonyl (C=O) groups excluding carboxylic acids is 1. The quantitative estimate of drug-likeness (QED) is 0.684. The Hall–Kier alpha value is -2.76. The SMILES string of the molecule is CCc1noc2ncnc(C(=O)c3ccc(OC)cc3)c12. The Balaban J connectivity index is 2.10. The summed E-state index contributed by atoms with van der Waals surface area (Å²) in [5.74, 6) is 0.501. The van der Waals surface area contributed by atoms with Gasteiger partial charge in [0, 0.05) is 5.56 Å². The van der Waals surface area contributed by atoms with E-state index in [1.54, 1.807) is 31.4 Å². The topological polar surface area (TPSA) is 78.1 Å². The molecule has 3 rings (SSSR count). The van der Waals surface area contributed by atoms with Gasteiger partial charge < -0.3 is 9.26 Å². The molecular weight excluding hydrogens is 270 g/mol. The van der Waals surface area contributed by atoms with Gasteiger partial charge in [-0.05, 0) is 30.7 Å². The molecule has 0 unspecified atom stereocenters. The molecule has 0 amide bonds. The highest BCUT2D eigenvalue weighted by molar-refractivity contribution is 6.14. The minimum atomic E-state index is -0.192. The summed E-state index contributed by atoms with van der Waals surface area (Å²) in [6, 6.07) is 6.88. The molecule has 0 spiro atoms. The van der Waals surface area contributed by atoms with E-state index in [9.17, 15) is 4.79 Å². The Morgan fingerprint density at radius 1 is 1.24 bits per heavy atom. The number of ether oxygens (including phenoxy) is 1. The van der Waals surface area contributed by atoms with Crippen LogP contribution >= 0.6 is 0 Å². The molecule has 6 nitrogen and oxygen atoms in total. The van der Waals surface area contributed by atoms with Crippen molar-refractivity contribution in [3.63, 3.8) is 0 Å². The zero-order valence-corrected chi connectivity index (χ0v) is 11.7. The molecule has 0 fully saturated rings. The summed E-state index contributed by atoms with van der Waals surface area (Å²) >= 11 is 0. The highest BCUT2D eigenvalue weighted by Gasteiger charge is 2.20. The van der Waals surface area contributed by atoms with Gasteiger partial charge >= 0.3 is 0 Å². The zero-order chi connectivity index (χ0) is 14.8. The summed E-state index contributed by atoms with van der Waals surface area (Å²) in [6.07, 6.45) is 1.95. The number of carbonyl (C=O) groups is 1. The molecule has 0 radical (unpaired) electrons. The van der Waals surface area contributed by atoms with E-state index in [0.29, 0.717) is 40.2 Å². The molecule has 2 aromatic heterocycles. The average Bonchev–Trinajstić information content (AvgIpc) is 2.97. The number of methoxy groups -OCH3 is 1. The monoisotopic (exact) mass is 283 g/mol. The second-order valence-corrected chi connectivity index (χ2v) is 4.44. The van der Waals surface area contributed by atoms with Crippen LogP contribution in [0.4, 0.5) is 0 Å². The summed E-state index contributed by atoms with van der Waals surface area (Å²) in [6.45, 7) is 1.94. The van der Waals surface area contributed by atoms with Gasteiger partial charge in [0.05, 0.1) is 18.2 Å². The number of rotatable bonds is 4. The molecule has 0 N–H and O–H groups in total. The van der Waals surface area contributed by atoms with E-state index in [1.165, 1.54) is 6.33 Å².